The molecule has 0 fully saturated rings. The maximum absolute atomic E-state index is 4.19. The zero-order valence-electron chi connectivity index (χ0n) is 9.91. The molecule has 1 aromatic rings. The van der Waals surface area contributed by atoms with Crippen LogP contribution in [0.15, 0.2) is 23.4 Å². The fourth-order valence-electron chi connectivity index (χ4n) is 2.29. The first-order chi connectivity index (χ1) is 7.92. The average Bonchev–Trinajstić information content (AvgIpc) is 2.69. The second kappa shape index (κ2) is 6.16. The number of hydrogen-bond donors (Lipinski definition) is 1. The van der Waals surface area contributed by atoms with Crippen molar-refractivity contribution in [2.45, 2.75) is 45.1 Å². The first kappa shape index (κ1) is 11.8. The standard InChI is InChI=1S/C13H20N2S/c1-2-15-13(12-9-14-10-16-12)11-7-5-3-4-6-8-11/h7,9-10,13,15H,2-6,8H2,1H3. The number of likely N-dealkylation sites (N-methyl/N-ethyl adjacent to an activating group) is 1. The molecule has 0 amide bonds. The SMILES string of the molecule is CCNC(C1=CCCCCC1)c1cncs1. The van der Waals surface area contributed by atoms with Crippen LogP contribution in [-0.2, 0) is 0 Å². The second-order valence-electron chi connectivity index (χ2n) is 4.27. The van der Waals surface area contributed by atoms with Crippen LogP contribution in [0.1, 0.15) is 49.9 Å². The van der Waals surface area contributed by atoms with E-state index < -0.39 is 0 Å². The van der Waals surface area contributed by atoms with Gasteiger partial charge in [0.05, 0.1) is 11.6 Å². The molecular formula is C13H20N2S. The van der Waals surface area contributed by atoms with Gasteiger partial charge in [0.2, 0.25) is 0 Å². The van der Waals surface area contributed by atoms with Gasteiger partial charge in [-0.3, -0.25) is 4.98 Å². The summed E-state index contributed by atoms with van der Waals surface area (Å²) in [5, 5.41) is 3.58. The number of aromatic nitrogens is 1. The Morgan fingerprint density at radius 3 is 3.12 bits per heavy atom. The summed E-state index contributed by atoms with van der Waals surface area (Å²) in [7, 11) is 0. The molecule has 0 radical (unpaired) electrons. The first-order valence-corrected chi connectivity index (χ1v) is 7.10. The molecule has 0 bridgehead atoms. The smallest absolute Gasteiger partial charge is 0.0794 e. The maximum atomic E-state index is 4.19. The molecule has 1 atom stereocenters. The highest BCUT2D eigenvalue weighted by Gasteiger charge is 2.17. The number of hydrogen-bond acceptors (Lipinski definition) is 3. The Morgan fingerprint density at radius 1 is 1.44 bits per heavy atom. The van der Waals surface area contributed by atoms with E-state index in [0.717, 1.165) is 6.54 Å². The molecule has 1 unspecified atom stereocenters. The molecule has 0 saturated carbocycles. The van der Waals surface area contributed by atoms with Gasteiger partial charge in [0.25, 0.3) is 0 Å². The van der Waals surface area contributed by atoms with E-state index >= 15 is 0 Å². The third kappa shape index (κ3) is 2.92. The summed E-state index contributed by atoms with van der Waals surface area (Å²) in [5.41, 5.74) is 3.50. The predicted octanol–water partition coefficient (Wildman–Crippen LogP) is 3.68. The van der Waals surface area contributed by atoms with Gasteiger partial charge in [0, 0.05) is 11.1 Å². The number of nitrogens with one attached hydrogen (secondary N) is 1. The summed E-state index contributed by atoms with van der Waals surface area (Å²) >= 11 is 1.76. The Labute approximate surface area is 102 Å². The molecular weight excluding hydrogens is 216 g/mol. The zero-order chi connectivity index (χ0) is 11.2. The van der Waals surface area contributed by atoms with Crippen molar-refractivity contribution in [1.29, 1.82) is 0 Å². The van der Waals surface area contributed by atoms with E-state index in [1.54, 1.807) is 16.9 Å². The van der Waals surface area contributed by atoms with Crippen molar-refractivity contribution in [1.82, 2.24) is 10.3 Å². The molecule has 1 aliphatic rings. The summed E-state index contributed by atoms with van der Waals surface area (Å²) in [6.45, 7) is 3.19. The molecule has 0 aromatic carbocycles. The average molecular weight is 236 g/mol. The summed E-state index contributed by atoms with van der Waals surface area (Å²) in [5.74, 6) is 0. The summed E-state index contributed by atoms with van der Waals surface area (Å²) < 4.78 is 0. The van der Waals surface area contributed by atoms with Crippen LogP contribution < -0.4 is 5.32 Å². The summed E-state index contributed by atoms with van der Waals surface area (Å²) in [6.07, 6.45) is 11.0. The Hall–Kier alpha value is -0.670. The van der Waals surface area contributed by atoms with Crippen molar-refractivity contribution in [3.63, 3.8) is 0 Å². The number of rotatable bonds is 4. The quantitative estimate of drug-likeness (QED) is 0.807. The van der Waals surface area contributed by atoms with Crippen LogP contribution in [0.25, 0.3) is 0 Å². The Kier molecular flexibility index (Phi) is 4.55. The van der Waals surface area contributed by atoms with Crippen LogP contribution in [0.3, 0.4) is 0 Å². The molecule has 0 spiro atoms. The fourth-order valence-corrected chi connectivity index (χ4v) is 3.02. The third-order valence-electron chi connectivity index (χ3n) is 3.09. The molecule has 1 heterocycles. The van der Waals surface area contributed by atoms with Crippen molar-refractivity contribution in [3.05, 3.63) is 28.2 Å². The molecule has 2 nitrogen and oxygen atoms in total. The third-order valence-corrected chi connectivity index (χ3v) is 3.93. The topological polar surface area (TPSA) is 24.9 Å². The van der Waals surface area contributed by atoms with E-state index in [0.29, 0.717) is 6.04 Å². The molecule has 0 aliphatic heterocycles. The van der Waals surface area contributed by atoms with E-state index in [2.05, 4.69) is 23.3 Å². The van der Waals surface area contributed by atoms with Gasteiger partial charge >= 0.3 is 0 Å². The van der Waals surface area contributed by atoms with Gasteiger partial charge in [-0.1, -0.05) is 25.0 Å². The number of thiazole rings is 1. The van der Waals surface area contributed by atoms with E-state index in [1.807, 2.05) is 11.7 Å². The lowest BCUT2D eigenvalue weighted by atomic mass is 10.0. The monoisotopic (exact) mass is 236 g/mol. The maximum Gasteiger partial charge on any atom is 0.0794 e. The highest BCUT2D eigenvalue weighted by atomic mass is 32.1. The fraction of sp³-hybridized carbons (Fsp3) is 0.615. The molecule has 0 saturated heterocycles. The largest absolute Gasteiger partial charge is 0.306 e. The molecule has 1 aliphatic carbocycles. The minimum atomic E-state index is 0.413. The minimum absolute atomic E-state index is 0.413. The van der Waals surface area contributed by atoms with Crippen LogP contribution >= 0.6 is 11.3 Å². The second-order valence-corrected chi connectivity index (χ2v) is 5.19. The summed E-state index contributed by atoms with van der Waals surface area (Å²) in [6, 6.07) is 0.413. The Bertz CT molecular complexity index is 330. The lowest BCUT2D eigenvalue weighted by Gasteiger charge is -2.19. The van der Waals surface area contributed by atoms with Crippen LogP contribution in [0.4, 0.5) is 0 Å². The van der Waals surface area contributed by atoms with Gasteiger partial charge in [0.15, 0.2) is 0 Å². The van der Waals surface area contributed by atoms with Gasteiger partial charge in [-0.2, -0.15) is 0 Å². The van der Waals surface area contributed by atoms with Gasteiger partial charge in [-0.25, -0.2) is 0 Å². The number of allylic oxidation sites excluding steroid dienone is 1. The van der Waals surface area contributed by atoms with Gasteiger partial charge < -0.3 is 5.32 Å². The van der Waals surface area contributed by atoms with Crippen LogP contribution in [-0.4, -0.2) is 11.5 Å². The normalized spacial score (nSPS) is 18.9. The van der Waals surface area contributed by atoms with Gasteiger partial charge in [-0.05, 0) is 32.2 Å². The van der Waals surface area contributed by atoms with Gasteiger partial charge in [0.1, 0.15) is 0 Å². The van der Waals surface area contributed by atoms with E-state index in [1.165, 1.54) is 37.0 Å². The molecule has 1 aromatic heterocycles. The highest BCUT2D eigenvalue weighted by Crippen LogP contribution is 2.30. The molecule has 2 rings (SSSR count). The van der Waals surface area contributed by atoms with Crippen molar-refractivity contribution < 1.29 is 0 Å². The van der Waals surface area contributed by atoms with Crippen LogP contribution in [0.2, 0.25) is 0 Å². The van der Waals surface area contributed by atoms with Crippen molar-refractivity contribution in [2.75, 3.05) is 6.54 Å². The van der Waals surface area contributed by atoms with Crippen molar-refractivity contribution in [3.8, 4) is 0 Å². The first-order valence-electron chi connectivity index (χ1n) is 6.22. The summed E-state index contributed by atoms with van der Waals surface area (Å²) in [4.78, 5) is 5.55. The van der Waals surface area contributed by atoms with Crippen molar-refractivity contribution >= 4 is 11.3 Å². The minimum Gasteiger partial charge on any atom is -0.306 e. The Morgan fingerprint density at radius 2 is 2.38 bits per heavy atom. The Balaban J connectivity index is 2.14. The molecule has 16 heavy (non-hydrogen) atoms. The van der Waals surface area contributed by atoms with E-state index in [-0.39, 0.29) is 0 Å². The number of nitrogens with zero attached hydrogens (tertiary/aromatic N) is 1. The molecule has 88 valence electrons. The van der Waals surface area contributed by atoms with Crippen LogP contribution in [0.5, 0.6) is 0 Å². The van der Waals surface area contributed by atoms with Crippen LogP contribution in [0, 0.1) is 0 Å². The van der Waals surface area contributed by atoms with Crippen molar-refractivity contribution in [2.24, 2.45) is 0 Å². The molecule has 3 heteroatoms. The lowest BCUT2D eigenvalue weighted by Crippen LogP contribution is -2.22. The zero-order valence-corrected chi connectivity index (χ0v) is 10.7. The van der Waals surface area contributed by atoms with Gasteiger partial charge in [-0.15, -0.1) is 11.3 Å². The highest BCUT2D eigenvalue weighted by molar-refractivity contribution is 7.09. The van der Waals surface area contributed by atoms with E-state index in [4.69, 9.17) is 0 Å². The lowest BCUT2D eigenvalue weighted by molar-refractivity contribution is 0.596. The predicted molar refractivity (Wildman–Crippen MR) is 69.7 cm³/mol. The van der Waals surface area contributed by atoms with E-state index in [9.17, 15) is 0 Å². The molecule has 1 N–H and O–H groups in total.